The van der Waals surface area contributed by atoms with E-state index in [0.717, 1.165) is 89.2 Å². The molecule has 172 valence electrons. The summed E-state index contributed by atoms with van der Waals surface area (Å²) in [6, 6.07) is -0.189. The van der Waals surface area contributed by atoms with E-state index in [-0.39, 0.29) is 23.6 Å². The summed E-state index contributed by atoms with van der Waals surface area (Å²) < 4.78 is 55.9. The second kappa shape index (κ2) is 12.3. The average molecular weight is 469 g/mol. The van der Waals surface area contributed by atoms with Crippen molar-refractivity contribution in [3.05, 3.63) is 0 Å². The SMILES string of the molecule is CCCCS(=O)(=O)N(SN(C1CCCCC1)S(=O)(=O)CCCC)C1CCCCC1. The fourth-order valence-electron chi connectivity index (χ4n) is 4.19. The van der Waals surface area contributed by atoms with Gasteiger partial charge in [0.15, 0.2) is 0 Å². The molecule has 2 aliphatic rings. The van der Waals surface area contributed by atoms with Crippen LogP contribution in [0.25, 0.3) is 0 Å². The number of sulfonamides is 2. The summed E-state index contributed by atoms with van der Waals surface area (Å²) in [5, 5.41) is 0. The summed E-state index contributed by atoms with van der Waals surface area (Å²) in [7, 11) is -7.02. The Morgan fingerprint density at radius 1 is 0.655 bits per heavy atom. The van der Waals surface area contributed by atoms with E-state index in [1.54, 1.807) is 0 Å². The van der Waals surface area contributed by atoms with Gasteiger partial charge in [0, 0.05) is 24.2 Å². The van der Waals surface area contributed by atoms with Gasteiger partial charge in [-0.1, -0.05) is 65.2 Å². The molecule has 0 saturated heterocycles. The predicted molar refractivity (Wildman–Crippen MR) is 122 cm³/mol. The monoisotopic (exact) mass is 468 g/mol. The minimum absolute atomic E-state index is 0.0944. The lowest BCUT2D eigenvalue weighted by Crippen LogP contribution is -2.45. The summed E-state index contributed by atoms with van der Waals surface area (Å²) in [4.78, 5) is 0. The first-order valence-corrected chi connectivity index (χ1v) is 15.5. The van der Waals surface area contributed by atoms with Gasteiger partial charge in [-0.05, 0) is 38.5 Å². The van der Waals surface area contributed by atoms with E-state index >= 15 is 0 Å². The highest BCUT2D eigenvalue weighted by Gasteiger charge is 2.39. The van der Waals surface area contributed by atoms with Crippen LogP contribution in [0.15, 0.2) is 0 Å². The molecule has 0 heterocycles. The summed E-state index contributed by atoms with van der Waals surface area (Å²) in [6.45, 7) is 3.97. The zero-order valence-electron chi connectivity index (χ0n) is 18.2. The van der Waals surface area contributed by atoms with Crippen molar-refractivity contribution in [2.45, 2.75) is 116 Å². The Bertz CT molecular complexity index is 612. The van der Waals surface area contributed by atoms with Gasteiger partial charge in [-0.15, -0.1) is 7.42 Å². The molecule has 0 aromatic rings. The van der Waals surface area contributed by atoms with Crippen LogP contribution in [0.4, 0.5) is 0 Å². The van der Waals surface area contributed by atoms with Crippen molar-refractivity contribution in [1.82, 2.24) is 7.42 Å². The highest BCUT2D eigenvalue weighted by molar-refractivity contribution is 8.13. The van der Waals surface area contributed by atoms with Crippen LogP contribution in [0.5, 0.6) is 0 Å². The molecule has 0 atom stereocenters. The van der Waals surface area contributed by atoms with Crippen LogP contribution in [0.1, 0.15) is 104 Å². The molecule has 2 aliphatic carbocycles. The molecule has 0 N–H and O–H groups in total. The van der Waals surface area contributed by atoms with Crippen molar-refractivity contribution in [1.29, 1.82) is 0 Å². The lowest BCUT2D eigenvalue weighted by atomic mass is 9.96. The normalized spacial score (nSPS) is 20.6. The molecule has 2 rings (SSSR count). The van der Waals surface area contributed by atoms with Crippen LogP contribution in [0.3, 0.4) is 0 Å². The Morgan fingerprint density at radius 2 is 1.00 bits per heavy atom. The Kier molecular flexibility index (Phi) is 10.8. The van der Waals surface area contributed by atoms with Crippen LogP contribution in [0, 0.1) is 0 Å². The van der Waals surface area contributed by atoms with Gasteiger partial charge in [-0.25, -0.2) is 16.8 Å². The van der Waals surface area contributed by atoms with Gasteiger partial charge < -0.3 is 0 Å². The molecule has 0 amide bonds. The highest BCUT2D eigenvalue weighted by Crippen LogP contribution is 2.38. The molecule has 0 bridgehead atoms. The fraction of sp³-hybridized carbons (Fsp3) is 1.00. The molecule has 2 saturated carbocycles. The number of hydrogen-bond donors (Lipinski definition) is 0. The zero-order chi connectivity index (χ0) is 21.3. The molecule has 29 heavy (non-hydrogen) atoms. The third-order valence-electron chi connectivity index (χ3n) is 5.97. The first-order valence-electron chi connectivity index (χ1n) is 11.5. The first-order chi connectivity index (χ1) is 13.8. The summed E-state index contributed by atoms with van der Waals surface area (Å²) in [6.07, 6.45) is 12.4. The number of hydrogen-bond acceptors (Lipinski definition) is 5. The molecule has 0 aliphatic heterocycles. The summed E-state index contributed by atoms with van der Waals surface area (Å²) >= 11 is 1.01. The molecule has 0 aromatic carbocycles. The highest BCUT2D eigenvalue weighted by atomic mass is 32.3. The predicted octanol–water partition coefficient (Wildman–Crippen LogP) is 5.08. The molecule has 0 spiro atoms. The van der Waals surface area contributed by atoms with Crippen LogP contribution in [0.2, 0.25) is 0 Å². The maximum absolute atomic E-state index is 13.2. The molecule has 0 unspecified atom stereocenters. The quantitative estimate of drug-likeness (QED) is 0.373. The van der Waals surface area contributed by atoms with Crippen LogP contribution in [-0.2, 0) is 20.0 Å². The van der Waals surface area contributed by atoms with E-state index in [4.69, 9.17) is 0 Å². The van der Waals surface area contributed by atoms with E-state index in [9.17, 15) is 16.8 Å². The average Bonchev–Trinajstić information content (AvgIpc) is 2.72. The molecule has 0 radical (unpaired) electrons. The zero-order valence-corrected chi connectivity index (χ0v) is 20.7. The van der Waals surface area contributed by atoms with E-state index in [1.165, 1.54) is 7.42 Å². The molecule has 2 fully saturated rings. The Labute approximate surface area is 183 Å². The smallest absolute Gasteiger partial charge is 0.211 e. The maximum Gasteiger partial charge on any atom is 0.224 e. The van der Waals surface area contributed by atoms with Crippen molar-refractivity contribution < 1.29 is 16.8 Å². The standard InChI is InChI=1S/C20H40N2O4S3/c1-3-5-17-28(23,24)21(19-13-9-7-10-14-19)27-22(20-15-11-8-12-16-20)29(25,26)18-6-4-2/h19-20H,3-18H2,1-2H3. The van der Waals surface area contributed by atoms with Crippen molar-refractivity contribution in [2.75, 3.05) is 11.5 Å². The molecule has 0 aromatic heterocycles. The largest absolute Gasteiger partial charge is 0.224 e. The minimum atomic E-state index is -3.51. The van der Waals surface area contributed by atoms with Crippen molar-refractivity contribution >= 4 is 32.2 Å². The Balaban J connectivity index is 2.31. The minimum Gasteiger partial charge on any atom is -0.211 e. The summed E-state index contributed by atoms with van der Waals surface area (Å²) in [5.41, 5.74) is 0. The third-order valence-corrected chi connectivity index (χ3v) is 11.9. The second-order valence-electron chi connectivity index (χ2n) is 8.52. The van der Waals surface area contributed by atoms with Crippen molar-refractivity contribution in [2.24, 2.45) is 0 Å². The van der Waals surface area contributed by atoms with Gasteiger partial charge in [0.2, 0.25) is 20.0 Å². The third kappa shape index (κ3) is 7.66. The van der Waals surface area contributed by atoms with E-state index < -0.39 is 20.0 Å². The van der Waals surface area contributed by atoms with Gasteiger partial charge in [0.05, 0.1) is 11.5 Å². The molecular formula is C20H40N2O4S3. The Hall–Kier alpha value is 0.170. The first kappa shape index (κ1) is 25.4. The lowest BCUT2D eigenvalue weighted by Gasteiger charge is -2.38. The number of rotatable bonds is 12. The van der Waals surface area contributed by atoms with E-state index in [1.807, 2.05) is 13.8 Å². The maximum atomic E-state index is 13.2. The van der Waals surface area contributed by atoms with E-state index in [0.29, 0.717) is 12.8 Å². The van der Waals surface area contributed by atoms with Gasteiger partial charge >= 0.3 is 0 Å². The number of unbranched alkanes of at least 4 members (excludes halogenated alkanes) is 2. The van der Waals surface area contributed by atoms with Gasteiger partial charge in [-0.3, -0.25) is 0 Å². The van der Waals surface area contributed by atoms with E-state index in [2.05, 4.69) is 0 Å². The van der Waals surface area contributed by atoms with Crippen LogP contribution >= 0.6 is 12.1 Å². The topological polar surface area (TPSA) is 74.8 Å². The Morgan fingerprint density at radius 3 is 1.31 bits per heavy atom. The molecule has 9 heteroatoms. The van der Waals surface area contributed by atoms with Gasteiger partial charge in [0.1, 0.15) is 0 Å². The van der Waals surface area contributed by atoms with Crippen LogP contribution < -0.4 is 0 Å². The fourth-order valence-corrected chi connectivity index (χ4v) is 9.85. The van der Waals surface area contributed by atoms with Gasteiger partial charge in [0.25, 0.3) is 0 Å². The second-order valence-corrected chi connectivity index (χ2v) is 13.9. The van der Waals surface area contributed by atoms with Crippen LogP contribution in [-0.4, -0.2) is 47.8 Å². The van der Waals surface area contributed by atoms with Crippen molar-refractivity contribution in [3.8, 4) is 0 Å². The summed E-state index contributed by atoms with van der Waals surface area (Å²) in [5.74, 6) is 0.195. The number of nitrogens with zero attached hydrogens (tertiary/aromatic N) is 2. The van der Waals surface area contributed by atoms with Crippen molar-refractivity contribution in [3.63, 3.8) is 0 Å². The lowest BCUT2D eigenvalue weighted by molar-refractivity contribution is 0.319. The molecule has 6 nitrogen and oxygen atoms in total. The molecular weight excluding hydrogens is 428 g/mol. The van der Waals surface area contributed by atoms with Gasteiger partial charge in [-0.2, -0.15) is 0 Å².